The molecule has 0 aliphatic heterocycles. The largest absolute Gasteiger partial charge is 0.517 e. The van der Waals surface area contributed by atoms with Gasteiger partial charge in [0.15, 0.2) is 0 Å². The number of phenols is 1. The molecule has 2 aromatic carbocycles. The Morgan fingerprint density at radius 3 is 2.41 bits per heavy atom. The maximum absolute atomic E-state index is 9.75. The van der Waals surface area contributed by atoms with Gasteiger partial charge in [-0.1, -0.05) is 30.3 Å². The van der Waals surface area contributed by atoms with Crippen LogP contribution >= 0.6 is 0 Å². The second-order valence-corrected chi connectivity index (χ2v) is 3.69. The van der Waals surface area contributed by atoms with Gasteiger partial charge in [-0.15, -0.1) is 23.6 Å². The summed E-state index contributed by atoms with van der Waals surface area (Å²) in [6.07, 6.45) is 0. The zero-order chi connectivity index (χ0) is 11.0. The van der Waals surface area contributed by atoms with E-state index in [4.69, 9.17) is 0 Å². The summed E-state index contributed by atoms with van der Waals surface area (Å²) in [5.41, 5.74) is 2.62. The molecule has 0 amide bonds. The minimum Gasteiger partial charge on any atom is -0.517 e. The number of phenolic OH excluding ortho intramolecular Hbond substituents is 1. The number of hydrogen-bond donors (Lipinski definition) is 2. The molecule has 0 fully saturated rings. The maximum atomic E-state index is 9.75. The first kappa shape index (κ1) is 11.9. The van der Waals surface area contributed by atoms with Crippen LogP contribution < -0.4 is 0 Å². The average molecular weight is 274 g/mol. The van der Waals surface area contributed by atoms with Crippen LogP contribution in [0, 0.1) is 6.07 Å². The Kier molecular flexibility index (Phi) is 3.30. The van der Waals surface area contributed by atoms with Gasteiger partial charge in [0.05, 0.1) is 5.75 Å². The van der Waals surface area contributed by atoms with E-state index in [1.807, 2.05) is 42.5 Å². The van der Waals surface area contributed by atoms with Crippen LogP contribution in [0.2, 0.25) is 0 Å². The van der Waals surface area contributed by atoms with Crippen molar-refractivity contribution in [3.05, 3.63) is 54.6 Å². The summed E-state index contributed by atoms with van der Waals surface area (Å²) in [7, 11) is 0. The van der Waals surface area contributed by atoms with Gasteiger partial charge in [0.25, 0.3) is 0 Å². The molecule has 1 heterocycles. The van der Waals surface area contributed by atoms with E-state index in [0.717, 1.165) is 22.2 Å². The van der Waals surface area contributed by atoms with Gasteiger partial charge in [0, 0.05) is 19.5 Å². The topological polar surface area (TPSA) is 36.0 Å². The maximum Gasteiger partial charge on any atom is 0.0841 e. The predicted octanol–water partition coefficient (Wildman–Crippen LogP) is 3.34. The summed E-state index contributed by atoms with van der Waals surface area (Å²) in [4.78, 5) is 3.24. The van der Waals surface area contributed by atoms with E-state index in [2.05, 4.69) is 11.1 Å². The Bertz CT molecular complexity index is 612. The summed E-state index contributed by atoms with van der Waals surface area (Å²) in [5, 5.41) is 10.8. The zero-order valence-corrected chi connectivity index (χ0v) is 12.2. The molecular weight excluding hydrogens is 264 g/mol. The minimum absolute atomic E-state index is 0. The Balaban J connectivity index is 0.00000108. The smallest absolute Gasteiger partial charge is 0.0841 e. The molecule has 0 radical (unpaired) electrons. The molecule has 17 heavy (non-hydrogen) atoms. The van der Waals surface area contributed by atoms with Gasteiger partial charge >= 0.3 is 0 Å². The molecule has 0 aliphatic carbocycles. The molecule has 0 bridgehead atoms. The Morgan fingerprint density at radius 1 is 0.941 bits per heavy atom. The van der Waals surface area contributed by atoms with E-state index in [9.17, 15) is 5.11 Å². The van der Waals surface area contributed by atoms with Crippen molar-refractivity contribution in [2.45, 2.75) is 0 Å². The molecule has 2 nitrogen and oxygen atoms in total. The molecule has 0 spiro atoms. The summed E-state index contributed by atoms with van der Waals surface area (Å²) in [6.45, 7) is 0. The van der Waals surface area contributed by atoms with Gasteiger partial charge in [0.1, 0.15) is 0 Å². The van der Waals surface area contributed by atoms with Crippen molar-refractivity contribution >= 4 is 10.9 Å². The average Bonchev–Trinajstić information content (AvgIpc) is 2.73. The molecule has 3 heteroatoms. The van der Waals surface area contributed by atoms with Gasteiger partial charge in [-0.3, -0.25) is 0 Å². The minimum atomic E-state index is 0. The van der Waals surface area contributed by atoms with Crippen LogP contribution in [0.25, 0.3) is 22.2 Å². The second-order valence-electron chi connectivity index (χ2n) is 3.69. The number of para-hydroxylation sites is 2. The van der Waals surface area contributed by atoms with Crippen LogP contribution in [0.15, 0.2) is 48.5 Å². The van der Waals surface area contributed by atoms with Crippen molar-refractivity contribution < 1.29 is 24.6 Å². The molecule has 80 valence electrons. The van der Waals surface area contributed by atoms with Crippen molar-refractivity contribution in [3.63, 3.8) is 0 Å². The van der Waals surface area contributed by atoms with Crippen molar-refractivity contribution in [3.8, 4) is 17.0 Å². The standard InChI is InChI=1S/C14H10NO.Zn/c16-14-8-4-2-6-11(14)13-9-10-5-1-3-7-12(10)15-13;/h1-8,15-16H;/q-1;. The fourth-order valence-corrected chi connectivity index (χ4v) is 1.82. The monoisotopic (exact) mass is 272 g/mol. The molecule has 0 atom stereocenters. The van der Waals surface area contributed by atoms with Gasteiger partial charge in [0.2, 0.25) is 0 Å². The number of rotatable bonds is 1. The summed E-state index contributed by atoms with van der Waals surface area (Å²) in [6, 6.07) is 18.4. The Morgan fingerprint density at radius 2 is 1.65 bits per heavy atom. The first-order valence-corrected chi connectivity index (χ1v) is 5.13. The second kappa shape index (κ2) is 4.72. The first-order valence-electron chi connectivity index (χ1n) is 5.13. The number of aromatic hydroxyl groups is 1. The van der Waals surface area contributed by atoms with E-state index in [1.54, 1.807) is 6.07 Å². The fourth-order valence-electron chi connectivity index (χ4n) is 1.82. The van der Waals surface area contributed by atoms with Crippen molar-refractivity contribution in [2.75, 3.05) is 0 Å². The van der Waals surface area contributed by atoms with Crippen molar-refractivity contribution in [1.29, 1.82) is 0 Å². The molecule has 0 unspecified atom stereocenters. The van der Waals surface area contributed by atoms with Crippen LogP contribution in [-0.4, -0.2) is 10.1 Å². The van der Waals surface area contributed by atoms with Gasteiger partial charge in [-0.05, 0) is 22.8 Å². The quantitative estimate of drug-likeness (QED) is 0.518. The van der Waals surface area contributed by atoms with Gasteiger partial charge < -0.3 is 10.1 Å². The molecular formula is C14H10NOZn-. The third-order valence-electron chi connectivity index (χ3n) is 2.62. The van der Waals surface area contributed by atoms with Gasteiger partial charge in [-0.25, -0.2) is 0 Å². The van der Waals surface area contributed by atoms with Crippen LogP contribution in [0.5, 0.6) is 5.75 Å². The number of fused-ring (bicyclic) bond motifs is 1. The molecule has 2 N–H and O–H groups in total. The fraction of sp³-hybridized carbons (Fsp3) is 0. The molecule has 1 aromatic heterocycles. The van der Waals surface area contributed by atoms with Crippen LogP contribution in [0.3, 0.4) is 0 Å². The van der Waals surface area contributed by atoms with E-state index in [-0.39, 0.29) is 25.2 Å². The predicted molar refractivity (Wildman–Crippen MR) is 64.2 cm³/mol. The van der Waals surface area contributed by atoms with Crippen LogP contribution in [0.4, 0.5) is 0 Å². The Hall–Kier alpha value is -1.60. The summed E-state index contributed by atoms with van der Waals surface area (Å²) in [5.74, 6) is 0.269. The van der Waals surface area contributed by atoms with Crippen molar-refractivity contribution in [1.82, 2.24) is 4.98 Å². The molecule has 0 saturated heterocycles. The SMILES string of the molecule is Oc1ccccc1-c1[c-]c2ccccc2[nH]1.[Zn]. The molecule has 3 rings (SSSR count). The van der Waals surface area contributed by atoms with Crippen LogP contribution in [0.1, 0.15) is 0 Å². The zero-order valence-electron chi connectivity index (χ0n) is 9.27. The van der Waals surface area contributed by atoms with Crippen molar-refractivity contribution in [2.24, 2.45) is 0 Å². The number of aromatic amines is 1. The summed E-state index contributed by atoms with van der Waals surface area (Å²) < 4.78 is 0. The molecule has 0 aliphatic rings. The molecule has 3 aromatic rings. The van der Waals surface area contributed by atoms with E-state index < -0.39 is 0 Å². The third-order valence-corrected chi connectivity index (χ3v) is 2.62. The van der Waals surface area contributed by atoms with E-state index in [0.29, 0.717) is 0 Å². The number of H-pyrrole nitrogens is 1. The summed E-state index contributed by atoms with van der Waals surface area (Å²) >= 11 is 0. The normalized spacial score (nSPS) is 10.1. The number of benzene rings is 2. The first-order chi connectivity index (χ1) is 7.84. The Labute approximate surface area is 112 Å². The number of aromatic nitrogens is 1. The van der Waals surface area contributed by atoms with E-state index >= 15 is 0 Å². The number of hydrogen-bond acceptors (Lipinski definition) is 1. The van der Waals surface area contributed by atoms with Crippen LogP contribution in [-0.2, 0) is 19.5 Å². The van der Waals surface area contributed by atoms with Gasteiger partial charge in [-0.2, -0.15) is 0 Å². The third kappa shape index (κ3) is 2.11. The molecule has 0 saturated carbocycles. The number of nitrogens with one attached hydrogen (secondary N) is 1. The van der Waals surface area contributed by atoms with E-state index in [1.165, 1.54) is 0 Å².